The topological polar surface area (TPSA) is 89.0 Å². The fraction of sp³-hybridized carbons (Fsp3) is 0.286. The minimum absolute atomic E-state index is 0.359. The van der Waals surface area contributed by atoms with Gasteiger partial charge in [-0.2, -0.15) is 5.10 Å². The number of aryl methyl sites for hydroxylation is 1. The smallest absolute Gasteiger partial charge is 0.329 e. The number of methoxy groups -OCH3 is 1. The van der Waals surface area contributed by atoms with Gasteiger partial charge in [0.2, 0.25) is 0 Å². The quantitative estimate of drug-likeness (QED) is 0.407. The van der Waals surface area contributed by atoms with Crippen LogP contribution in [-0.4, -0.2) is 31.7 Å². The number of rotatable bonds is 7. The molecule has 29 heavy (non-hydrogen) atoms. The highest BCUT2D eigenvalue weighted by atomic mass is 35.5. The van der Waals surface area contributed by atoms with Crippen molar-refractivity contribution in [3.05, 3.63) is 52.0 Å². The van der Waals surface area contributed by atoms with Crippen LogP contribution in [-0.2, 0) is 9.59 Å². The third-order valence-electron chi connectivity index (χ3n) is 4.14. The Balaban J connectivity index is 2.03. The Hall–Kier alpha value is -3.06. The average Bonchev–Trinajstić information content (AvgIpc) is 2.70. The number of anilines is 1. The van der Waals surface area contributed by atoms with E-state index in [0.717, 1.165) is 17.5 Å². The van der Waals surface area contributed by atoms with E-state index in [1.54, 1.807) is 24.3 Å². The number of hydrogen-bond acceptors (Lipinski definition) is 5. The molecule has 0 aromatic heterocycles. The third kappa shape index (κ3) is 5.96. The number of carbonyl (C=O) groups is 2. The number of hydrogen-bond donors (Lipinski definition) is 2. The molecule has 0 unspecified atom stereocenters. The highest BCUT2D eigenvalue weighted by molar-refractivity contribution is 6.39. The molecular formula is C21H24ClN3O4. The first-order valence-corrected chi connectivity index (χ1v) is 9.46. The van der Waals surface area contributed by atoms with Gasteiger partial charge in [0, 0.05) is 5.69 Å². The second-order valence-electron chi connectivity index (χ2n) is 6.28. The number of benzene rings is 2. The molecule has 0 radical (unpaired) electrons. The minimum Gasteiger partial charge on any atom is -0.493 e. The van der Waals surface area contributed by atoms with E-state index >= 15 is 0 Å². The number of nitrogens with zero attached hydrogens (tertiary/aromatic N) is 1. The largest absolute Gasteiger partial charge is 0.493 e. The van der Waals surface area contributed by atoms with Crippen molar-refractivity contribution in [3.63, 3.8) is 0 Å². The summed E-state index contributed by atoms with van der Waals surface area (Å²) in [5.41, 5.74) is 5.25. The molecule has 0 atom stereocenters. The summed E-state index contributed by atoms with van der Waals surface area (Å²) >= 11 is 6.24. The van der Waals surface area contributed by atoms with E-state index in [1.165, 1.54) is 13.3 Å². The summed E-state index contributed by atoms with van der Waals surface area (Å²) in [6.07, 6.45) is 2.19. The zero-order chi connectivity index (χ0) is 21.4. The second-order valence-corrected chi connectivity index (χ2v) is 6.69. The first kappa shape index (κ1) is 22.2. The van der Waals surface area contributed by atoms with E-state index in [1.807, 2.05) is 26.8 Å². The van der Waals surface area contributed by atoms with Crippen molar-refractivity contribution >= 4 is 35.3 Å². The average molecular weight is 418 g/mol. The molecule has 0 aliphatic rings. The first-order chi connectivity index (χ1) is 13.9. The lowest BCUT2D eigenvalue weighted by atomic mass is 10.1. The Morgan fingerprint density at radius 1 is 1.21 bits per heavy atom. The normalized spacial score (nSPS) is 10.7. The zero-order valence-electron chi connectivity index (χ0n) is 16.8. The Bertz CT molecular complexity index is 928. The van der Waals surface area contributed by atoms with Gasteiger partial charge in [0.15, 0.2) is 11.5 Å². The molecule has 2 aromatic rings. The highest BCUT2D eigenvalue weighted by Crippen LogP contribution is 2.36. The summed E-state index contributed by atoms with van der Waals surface area (Å²) in [7, 11) is 1.50. The monoisotopic (exact) mass is 417 g/mol. The van der Waals surface area contributed by atoms with Gasteiger partial charge in [0.05, 0.1) is 25.0 Å². The van der Waals surface area contributed by atoms with Crippen LogP contribution in [0.25, 0.3) is 0 Å². The molecule has 0 saturated carbocycles. The van der Waals surface area contributed by atoms with Crippen molar-refractivity contribution in [2.45, 2.75) is 27.2 Å². The van der Waals surface area contributed by atoms with Crippen molar-refractivity contribution in [3.8, 4) is 11.5 Å². The lowest BCUT2D eigenvalue weighted by Gasteiger charge is -2.12. The van der Waals surface area contributed by atoms with Crippen LogP contribution in [0.15, 0.2) is 35.4 Å². The third-order valence-corrected chi connectivity index (χ3v) is 4.42. The van der Waals surface area contributed by atoms with Crippen molar-refractivity contribution in [1.29, 1.82) is 0 Å². The van der Waals surface area contributed by atoms with Crippen LogP contribution in [0.4, 0.5) is 5.69 Å². The van der Waals surface area contributed by atoms with Gasteiger partial charge in [-0.1, -0.05) is 30.7 Å². The summed E-state index contributed by atoms with van der Waals surface area (Å²) < 4.78 is 10.9. The van der Waals surface area contributed by atoms with E-state index in [0.29, 0.717) is 34.4 Å². The maximum absolute atomic E-state index is 12.1. The Morgan fingerprint density at radius 2 is 1.97 bits per heavy atom. The maximum Gasteiger partial charge on any atom is 0.329 e. The van der Waals surface area contributed by atoms with Crippen molar-refractivity contribution < 1.29 is 19.1 Å². The number of nitrogens with one attached hydrogen (secondary N) is 2. The van der Waals surface area contributed by atoms with Gasteiger partial charge in [0.25, 0.3) is 0 Å². The van der Waals surface area contributed by atoms with E-state index < -0.39 is 11.8 Å². The van der Waals surface area contributed by atoms with Crippen molar-refractivity contribution in [2.75, 3.05) is 19.0 Å². The molecule has 154 valence electrons. The van der Waals surface area contributed by atoms with Crippen LogP contribution < -0.4 is 20.2 Å². The fourth-order valence-electron chi connectivity index (χ4n) is 2.44. The van der Waals surface area contributed by atoms with Gasteiger partial charge < -0.3 is 14.8 Å². The van der Waals surface area contributed by atoms with Gasteiger partial charge in [-0.3, -0.25) is 9.59 Å². The number of ether oxygens (including phenoxy) is 2. The van der Waals surface area contributed by atoms with Crippen molar-refractivity contribution in [2.24, 2.45) is 5.10 Å². The minimum atomic E-state index is -0.886. The summed E-state index contributed by atoms with van der Waals surface area (Å²) in [4.78, 5) is 24.1. The van der Waals surface area contributed by atoms with Crippen LogP contribution >= 0.6 is 11.6 Å². The lowest BCUT2D eigenvalue weighted by molar-refractivity contribution is -0.136. The summed E-state index contributed by atoms with van der Waals surface area (Å²) in [5.74, 6) is -0.797. The van der Waals surface area contributed by atoms with Gasteiger partial charge in [-0.05, 0) is 55.2 Å². The molecule has 2 aromatic carbocycles. The predicted octanol–water partition coefficient (Wildman–Crippen LogP) is 3.84. The molecule has 2 rings (SSSR count). The molecule has 0 bridgehead atoms. The van der Waals surface area contributed by atoms with E-state index in [2.05, 4.69) is 15.8 Å². The van der Waals surface area contributed by atoms with Gasteiger partial charge >= 0.3 is 11.8 Å². The van der Waals surface area contributed by atoms with Crippen molar-refractivity contribution in [1.82, 2.24) is 5.43 Å². The van der Waals surface area contributed by atoms with Crippen LogP contribution in [0.3, 0.4) is 0 Å². The molecular weight excluding hydrogens is 394 g/mol. The SMILES string of the molecule is CCCOc1c(Cl)cc(/C=N\NC(=O)C(=O)Nc2cccc(C)c2C)cc1OC. The second kappa shape index (κ2) is 10.5. The molecule has 8 heteroatoms. The molecule has 7 nitrogen and oxygen atoms in total. The van der Waals surface area contributed by atoms with E-state index in [9.17, 15) is 9.59 Å². The van der Waals surface area contributed by atoms with Crippen LogP contribution in [0.2, 0.25) is 5.02 Å². The fourth-order valence-corrected chi connectivity index (χ4v) is 2.71. The van der Waals surface area contributed by atoms with Gasteiger partial charge in [0.1, 0.15) is 0 Å². The number of carbonyl (C=O) groups excluding carboxylic acids is 2. The van der Waals surface area contributed by atoms with E-state index in [-0.39, 0.29) is 0 Å². The Morgan fingerprint density at radius 3 is 2.66 bits per heavy atom. The molecule has 2 amide bonds. The molecule has 0 saturated heterocycles. The van der Waals surface area contributed by atoms with Gasteiger partial charge in [-0.25, -0.2) is 5.43 Å². The Kier molecular flexibility index (Phi) is 8.03. The molecule has 0 spiro atoms. The molecule has 2 N–H and O–H groups in total. The molecule has 0 aliphatic heterocycles. The molecule has 0 heterocycles. The van der Waals surface area contributed by atoms with Gasteiger partial charge in [-0.15, -0.1) is 0 Å². The first-order valence-electron chi connectivity index (χ1n) is 9.08. The van der Waals surface area contributed by atoms with Crippen LogP contribution in [0, 0.1) is 13.8 Å². The molecule has 0 aliphatic carbocycles. The maximum atomic E-state index is 12.1. The van der Waals surface area contributed by atoms with Crippen LogP contribution in [0.1, 0.15) is 30.0 Å². The zero-order valence-corrected chi connectivity index (χ0v) is 17.6. The highest BCUT2D eigenvalue weighted by Gasteiger charge is 2.15. The predicted molar refractivity (Wildman–Crippen MR) is 114 cm³/mol. The lowest BCUT2D eigenvalue weighted by Crippen LogP contribution is -2.32. The number of hydrazone groups is 1. The summed E-state index contributed by atoms with van der Waals surface area (Å²) in [6.45, 7) is 6.29. The van der Waals surface area contributed by atoms with Crippen LogP contribution in [0.5, 0.6) is 11.5 Å². The summed E-state index contributed by atoms with van der Waals surface area (Å²) in [5, 5.41) is 6.74. The standard InChI is InChI=1S/C21H24ClN3O4/c1-5-9-29-19-16(22)10-15(11-18(19)28-4)12-23-25-21(27)20(26)24-17-8-6-7-13(2)14(17)3/h6-8,10-12H,5,9H2,1-4H3,(H,24,26)(H,25,27)/b23-12-. The summed E-state index contributed by atoms with van der Waals surface area (Å²) in [6, 6.07) is 8.75. The Labute approximate surface area is 175 Å². The number of halogens is 1. The number of amides is 2. The molecule has 0 fully saturated rings. The van der Waals surface area contributed by atoms with E-state index in [4.69, 9.17) is 21.1 Å².